The molecule has 0 spiro atoms. The monoisotopic (exact) mass is 315 g/mol. The van der Waals surface area contributed by atoms with E-state index in [1.165, 1.54) is 6.92 Å². The molecule has 0 aliphatic heterocycles. The van der Waals surface area contributed by atoms with Gasteiger partial charge in [-0.2, -0.15) is 0 Å². The zero-order chi connectivity index (χ0) is 16.2. The summed E-state index contributed by atoms with van der Waals surface area (Å²) in [5.74, 6) is -3.41. The lowest BCUT2D eigenvalue weighted by molar-refractivity contribution is -0.276. The van der Waals surface area contributed by atoms with Crippen LogP contribution >= 0.6 is 0 Å². The number of aromatic nitrogens is 1. The van der Waals surface area contributed by atoms with Gasteiger partial charge in [-0.3, -0.25) is 4.79 Å². The van der Waals surface area contributed by atoms with Gasteiger partial charge in [0, 0.05) is 0 Å². The molecule has 0 bridgehead atoms. The van der Waals surface area contributed by atoms with Gasteiger partial charge in [0.05, 0.1) is 13.0 Å². The van der Waals surface area contributed by atoms with E-state index in [1.807, 2.05) is 0 Å². The zero-order valence-corrected chi connectivity index (χ0v) is 10.6. The van der Waals surface area contributed by atoms with Crippen molar-refractivity contribution in [2.45, 2.75) is 26.1 Å². The molecule has 0 aliphatic rings. The van der Waals surface area contributed by atoms with Gasteiger partial charge in [-0.1, -0.05) is 0 Å². The molecule has 1 rings (SSSR count). The lowest BCUT2D eigenvalue weighted by Gasteiger charge is -2.13. The average molecular weight is 315 g/mol. The fraction of sp³-hybridized carbons (Fsp3) is 0.455. The Morgan fingerprint density at radius 2 is 2.05 bits per heavy atom. The SMILES string of the molecule is CCOC(=O)Cc1cc(O)c(OC(F)(F)F)nc1C(F)F. The molecule has 0 atom stereocenters. The summed E-state index contributed by atoms with van der Waals surface area (Å²) in [6.45, 7) is 1.49. The molecule has 10 heteroatoms. The number of carbonyl (C=O) groups is 1. The molecule has 0 amide bonds. The number of nitrogens with zero attached hydrogens (tertiary/aromatic N) is 1. The topological polar surface area (TPSA) is 68.7 Å². The summed E-state index contributed by atoms with van der Waals surface area (Å²) < 4.78 is 69.5. The third kappa shape index (κ3) is 5.04. The normalized spacial score (nSPS) is 11.6. The Labute approximate surface area is 115 Å². The van der Waals surface area contributed by atoms with Gasteiger partial charge < -0.3 is 14.6 Å². The highest BCUT2D eigenvalue weighted by Crippen LogP contribution is 2.34. The zero-order valence-electron chi connectivity index (χ0n) is 10.6. The Bertz CT molecular complexity index is 518. The molecule has 0 radical (unpaired) electrons. The van der Waals surface area contributed by atoms with Gasteiger partial charge in [0.15, 0.2) is 5.75 Å². The highest BCUT2D eigenvalue weighted by atomic mass is 19.4. The van der Waals surface area contributed by atoms with Crippen molar-refractivity contribution in [3.05, 3.63) is 17.3 Å². The number of carbonyl (C=O) groups excluding carboxylic acids is 1. The Hall–Kier alpha value is -2.13. The first-order valence-corrected chi connectivity index (χ1v) is 5.56. The second-order valence-corrected chi connectivity index (χ2v) is 3.69. The van der Waals surface area contributed by atoms with Crippen LogP contribution < -0.4 is 4.74 Å². The van der Waals surface area contributed by atoms with E-state index < -0.39 is 48.1 Å². The third-order valence-corrected chi connectivity index (χ3v) is 2.14. The van der Waals surface area contributed by atoms with E-state index in [0.717, 1.165) is 0 Å². The lowest BCUT2D eigenvalue weighted by atomic mass is 10.1. The average Bonchev–Trinajstić information content (AvgIpc) is 2.30. The second-order valence-electron chi connectivity index (χ2n) is 3.69. The molecule has 0 fully saturated rings. The van der Waals surface area contributed by atoms with Crippen LogP contribution in [0.2, 0.25) is 0 Å². The smallest absolute Gasteiger partial charge is 0.503 e. The number of aromatic hydroxyl groups is 1. The Kier molecular flexibility index (Phi) is 5.28. The Morgan fingerprint density at radius 1 is 1.43 bits per heavy atom. The molecule has 1 heterocycles. The van der Waals surface area contributed by atoms with E-state index in [9.17, 15) is 31.9 Å². The molecule has 21 heavy (non-hydrogen) atoms. The van der Waals surface area contributed by atoms with Crippen molar-refractivity contribution < 1.29 is 41.3 Å². The minimum atomic E-state index is -5.20. The first-order chi connectivity index (χ1) is 9.64. The fourth-order valence-electron chi connectivity index (χ4n) is 1.42. The summed E-state index contributed by atoms with van der Waals surface area (Å²) in [5.41, 5.74) is -1.55. The lowest BCUT2D eigenvalue weighted by Crippen LogP contribution is -2.19. The van der Waals surface area contributed by atoms with E-state index in [-0.39, 0.29) is 6.61 Å². The van der Waals surface area contributed by atoms with Gasteiger partial charge in [-0.25, -0.2) is 13.8 Å². The molecule has 0 aromatic carbocycles. The maximum atomic E-state index is 12.8. The van der Waals surface area contributed by atoms with Crippen LogP contribution in [0, 0.1) is 0 Å². The van der Waals surface area contributed by atoms with Crippen molar-refractivity contribution in [1.82, 2.24) is 4.98 Å². The summed E-state index contributed by atoms with van der Waals surface area (Å²) in [5, 5.41) is 9.32. The van der Waals surface area contributed by atoms with Crippen LogP contribution in [-0.2, 0) is 16.0 Å². The predicted octanol–water partition coefficient (Wildman–Crippen LogP) is 2.73. The number of ether oxygens (including phenoxy) is 2. The van der Waals surface area contributed by atoms with E-state index in [0.29, 0.717) is 6.07 Å². The Balaban J connectivity index is 3.15. The van der Waals surface area contributed by atoms with E-state index in [2.05, 4.69) is 14.5 Å². The molecular weight excluding hydrogens is 305 g/mol. The molecule has 0 saturated heterocycles. The maximum Gasteiger partial charge on any atom is 0.574 e. The van der Waals surface area contributed by atoms with Crippen LogP contribution in [0.25, 0.3) is 0 Å². The number of pyridine rings is 1. The van der Waals surface area contributed by atoms with Crippen LogP contribution in [-0.4, -0.2) is 29.0 Å². The quantitative estimate of drug-likeness (QED) is 0.668. The molecule has 118 valence electrons. The number of hydrogen-bond acceptors (Lipinski definition) is 5. The van der Waals surface area contributed by atoms with Crippen LogP contribution in [0.4, 0.5) is 22.0 Å². The van der Waals surface area contributed by atoms with Crippen LogP contribution in [0.5, 0.6) is 11.6 Å². The molecule has 1 aromatic heterocycles. The number of alkyl halides is 5. The van der Waals surface area contributed by atoms with Crippen LogP contribution in [0.1, 0.15) is 24.6 Å². The summed E-state index contributed by atoms with van der Waals surface area (Å²) in [4.78, 5) is 14.1. The van der Waals surface area contributed by atoms with Gasteiger partial charge in [-0.15, -0.1) is 13.2 Å². The third-order valence-electron chi connectivity index (χ3n) is 2.14. The summed E-state index contributed by atoms with van der Waals surface area (Å²) in [7, 11) is 0. The minimum Gasteiger partial charge on any atom is -0.503 e. The highest BCUT2D eigenvalue weighted by molar-refractivity contribution is 5.73. The van der Waals surface area contributed by atoms with E-state index >= 15 is 0 Å². The summed E-state index contributed by atoms with van der Waals surface area (Å²) in [6.07, 6.45) is -9.13. The van der Waals surface area contributed by atoms with Gasteiger partial charge in [-0.05, 0) is 18.6 Å². The van der Waals surface area contributed by atoms with Gasteiger partial charge in [0.1, 0.15) is 5.69 Å². The van der Waals surface area contributed by atoms with E-state index in [1.54, 1.807) is 0 Å². The molecule has 1 N–H and O–H groups in total. The molecule has 1 aromatic rings. The van der Waals surface area contributed by atoms with Crippen molar-refractivity contribution in [2.24, 2.45) is 0 Å². The molecule has 0 unspecified atom stereocenters. The Morgan fingerprint density at radius 3 is 2.52 bits per heavy atom. The molecule has 0 aliphatic carbocycles. The fourth-order valence-corrected chi connectivity index (χ4v) is 1.42. The van der Waals surface area contributed by atoms with Crippen molar-refractivity contribution in [3.63, 3.8) is 0 Å². The summed E-state index contributed by atoms with van der Waals surface area (Å²) in [6, 6.07) is 0.562. The number of halogens is 5. The maximum absolute atomic E-state index is 12.8. The predicted molar refractivity (Wildman–Crippen MR) is 57.9 cm³/mol. The largest absolute Gasteiger partial charge is 0.574 e. The molecule has 0 saturated carbocycles. The van der Waals surface area contributed by atoms with Crippen LogP contribution in [0.15, 0.2) is 6.07 Å². The first kappa shape index (κ1) is 16.9. The van der Waals surface area contributed by atoms with Crippen molar-refractivity contribution in [3.8, 4) is 11.6 Å². The van der Waals surface area contributed by atoms with Gasteiger partial charge in [0.25, 0.3) is 12.3 Å². The number of hydrogen-bond donors (Lipinski definition) is 1. The second kappa shape index (κ2) is 6.55. The molecule has 5 nitrogen and oxygen atoms in total. The van der Waals surface area contributed by atoms with Gasteiger partial charge in [0.2, 0.25) is 0 Å². The number of rotatable bonds is 5. The first-order valence-electron chi connectivity index (χ1n) is 5.56. The van der Waals surface area contributed by atoms with Crippen molar-refractivity contribution in [1.29, 1.82) is 0 Å². The molecular formula is C11H10F5NO4. The van der Waals surface area contributed by atoms with Crippen LogP contribution in [0.3, 0.4) is 0 Å². The minimum absolute atomic E-state index is 0.00246. The standard InChI is InChI=1S/C11H10F5NO4/c1-2-20-7(19)4-5-3-6(18)10(21-11(14,15)16)17-8(5)9(12)13/h3,9,18H,2,4H2,1H3. The van der Waals surface area contributed by atoms with Gasteiger partial charge >= 0.3 is 12.3 Å². The van der Waals surface area contributed by atoms with Crippen molar-refractivity contribution >= 4 is 5.97 Å². The number of esters is 1. The highest BCUT2D eigenvalue weighted by Gasteiger charge is 2.34. The summed E-state index contributed by atoms with van der Waals surface area (Å²) >= 11 is 0. The van der Waals surface area contributed by atoms with E-state index in [4.69, 9.17) is 0 Å². The van der Waals surface area contributed by atoms with Crippen molar-refractivity contribution in [2.75, 3.05) is 6.61 Å².